The summed E-state index contributed by atoms with van der Waals surface area (Å²) in [5, 5.41) is 8.84. The van der Waals surface area contributed by atoms with Gasteiger partial charge in [0.1, 0.15) is 0 Å². The summed E-state index contributed by atoms with van der Waals surface area (Å²) in [5.41, 5.74) is 1.27. The van der Waals surface area contributed by atoms with Crippen LogP contribution in [-0.2, 0) is 17.9 Å². The third kappa shape index (κ3) is 5.68. The Morgan fingerprint density at radius 2 is 1.67 bits per heavy atom. The molecule has 0 bridgehead atoms. The smallest absolute Gasteiger partial charge is 0.274 e. The number of ether oxygens (including phenoxy) is 3. The van der Waals surface area contributed by atoms with E-state index in [1.54, 1.807) is 38.5 Å². The summed E-state index contributed by atoms with van der Waals surface area (Å²) in [6.07, 6.45) is 5.50. The van der Waals surface area contributed by atoms with Crippen molar-refractivity contribution in [2.45, 2.75) is 25.9 Å². The van der Waals surface area contributed by atoms with E-state index in [0.717, 1.165) is 30.6 Å². The van der Waals surface area contributed by atoms with Gasteiger partial charge < -0.3 is 24.4 Å². The highest BCUT2D eigenvalue weighted by Gasteiger charge is 2.15. The van der Waals surface area contributed by atoms with Crippen LogP contribution in [0.5, 0.6) is 17.2 Å². The SMILES string of the molecule is COc1cc(/C=C/C(=O)NCc2nn(CCN3CCCC3)c(=O)c3ccccc23)cc(OC)c1OC. The molecule has 1 aliphatic rings. The summed E-state index contributed by atoms with van der Waals surface area (Å²) in [6.45, 7) is 3.62. The van der Waals surface area contributed by atoms with Crippen LogP contribution in [0, 0.1) is 0 Å². The first-order valence-corrected chi connectivity index (χ1v) is 12.0. The monoisotopic (exact) mass is 492 g/mol. The zero-order valence-electron chi connectivity index (χ0n) is 21.0. The molecular formula is C27H32N4O5. The summed E-state index contributed by atoms with van der Waals surface area (Å²) < 4.78 is 17.6. The lowest BCUT2D eigenvalue weighted by Crippen LogP contribution is -2.32. The van der Waals surface area contributed by atoms with Crippen LogP contribution in [0.3, 0.4) is 0 Å². The van der Waals surface area contributed by atoms with Crippen molar-refractivity contribution in [3.63, 3.8) is 0 Å². The summed E-state index contributed by atoms with van der Waals surface area (Å²) in [6, 6.07) is 10.9. The molecule has 1 aliphatic heterocycles. The lowest BCUT2D eigenvalue weighted by atomic mass is 10.1. The first-order valence-electron chi connectivity index (χ1n) is 12.0. The van der Waals surface area contributed by atoms with Gasteiger partial charge in [0.25, 0.3) is 5.56 Å². The molecule has 9 heteroatoms. The Labute approximate surface area is 210 Å². The lowest BCUT2D eigenvalue weighted by molar-refractivity contribution is -0.116. The Bertz CT molecular complexity index is 1290. The Kier molecular flexibility index (Phi) is 8.22. The molecule has 36 heavy (non-hydrogen) atoms. The second-order valence-corrected chi connectivity index (χ2v) is 8.58. The van der Waals surface area contributed by atoms with Crippen molar-refractivity contribution in [2.75, 3.05) is 41.0 Å². The topological polar surface area (TPSA) is 94.9 Å². The molecule has 0 atom stereocenters. The summed E-state index contributed by atoms with van der Waals surface area (Å²) in [5.74, 6) is 1.20. The van der Waals surface area contributed by atoms with Gasteiger partial charge in [-0.05, 0) is 55.8 Å². The molecule has 0 radical (unpaired) electrons. The summed E-state index contributed by atoms with van der Waals surface area (Å²) in [4.78, 5) is 28.0. The number of nitrogens with one attached hydrogen (secondary N) is 1. The van der Waals surface area contributed by atoms with E-state index in [1.165, 1.54) is 30.7 Å². The van der Waals surface area contributed by atoms with Crippen LogP contribution in [0.2, 0.25) is 0 Å². The molecule has 3 aromatic rings. The second-order valence-electron chi connectivity index (χ2n) is 8.58. The average molecular weight is 493 g/mol. The van der Waals surface area contributed by atoms with Crippen molar-refractivity contribution in [1.29, 1.82) is 0 Å². The fourth-order valence-corrected chi connectivity index (χ4v) is 4.43. The van der Waals surface area contributed by atoms with Crippen molar-refractivity contribution >= 4 is 22.8 Å². The normalized spacial score (nSPS) is 13.9. The standard InChI is InChI=1S/C27H32N4O5/c1-34-23-16-19(17-24(35-2)26(23)36-3)10-11-25(32)28-18-22-20-8-4-5-9-21(20)27(33)31(29-22)15-14-30-12-6-7-13-30/h4-5,8-11,16-17H,6-7,12-15,18H2,1-3H3,(H,28,32)/b11-10+. The number of likely N-dealkylation sites (tertiary alicyclic amines) is 1. The van der Waals surface area contributed by atoms with Gasteiger partial charge in [0, 0.05) is 18.0 Å². The van der Waals surface area contributed by atoms with Gasteiger partial charge in [-0.2, -0.15) is 5.10 Å². The van der Waals surface area contributed by atoms with Gasteiger partial charge in [-0.25, -0.2) is 4.68 Å². The zero-order chi connectivity index (χ0) is 25.5. The maximum Gasteiger partial charge on any atom is 0.274 e. The largest absolute Gasteiger partial charge is 0.493 e. The van der Waals surface area contributed by atoms with Crippen LogP contribution in [0.25, 0.3) is 16.8 Å². The van der Waals surface area contributed by atoms with Crippen molar-refractivity contribution in [3.05, 3.63) is 64.1 Å². The molecule has 0 aliphatic carbocycles. The van der Waals surface area contributed by atoms with Crippen LogP contribution in [0.15, 0.2) is 47.3 Å². The van der Waals surface area contributed by atoms with Gasteiger partial charge >= 0.3 is 0 Å². The van der Waals surface area contributed by atoms with E-state index in [9.17, 15) is 9.59 Å². The maximum atomic E-state index is 13.0. The molecule has 190 valence electrons. The quantitative estimate of drug-likeness (QED) is 0.435. The van der Waals surface area contributed by atoms with Gasteiger partial charge in [0.05, 0.1) is 45.5 Å². The van der Waals surface area contributed by atoms with E-state index < -0.39 is 0 Å². The summed E-state index contributed by atoms with van der Waals surface area (Å²) in [7, 11) is 4.62. The van der Waals surface area contributed by atoms with Gasteiger partial charge in [0.2, 0.25) is 11.7 Å². The molecular weight excluding hydrogens is 460 g/mol. The van der Waals surface area contributed by atoms with E-state index in [1.807, 2.05) is 18.2 Å². The van der Waals surface area contributed by atoms with E-state index in [4.69, 9.17) is 14.2 Å². The predicted molar refractivity (Wildman–Crippen MR) is 139 cm³/mol. The Balaban J connectivity index is 1.50. The highest BCUT2D eigenvalue weighted by atomic mass is 16.5. The second kappa shape index (κ2) is 11.7. The molecule has 2 heterocycles. The first kappa shape index (κ1) is 25.2. The number of carbonyl (C=O) groups excluding carboxylic acids is 1. The number of hydrogen-bond acceptors (Lipinski definition) is 7. The lowest BCUT2D eigenvalue weighted by Gasteiger charge is -2.16. The molecule has 4 rings (SSSR count). The molecule has 1 amide bonds. The number of nitrogens with zero attached hydrogens (tertiary/aromatic N) is 3. The number of fused-ring (bicyclic) bond motifs is 1. The molecule has 0 unspecified atom stereocenters. The third-order valence-electron chi connectivity index (χ3n) is 6.32. The molecule has 1 fully saturated rings. The van der Waals surface area contributed by atoms with Gasteiger partial charge in [-0.3, -0.25) is 9.59 Å². The predicted octanol–water partition coefficient (Wildman–Crippen LogP) is 2.85. The minimum absolute atomic E-state index is 0.109. The van der Waals surface area contributed by atoms with Crippen LogP contribution >= 0.6 is 0 Å². The molecule has 0 saturated carbocycles. The highest BCUT2D eigenvalue weighted by Crippen LogP contribution is 2.38. The third-order valence-corrected chi connectivity index (χ3v) is 6.32. The number of benzene rings is 2. The molecule has 1 saturated heterocycles. The Morgan fingerprint density at radius 3 is 2.31 bits per heavy atom. The summed E-state index contributed by atoms with van der Waals surface area (Å²) >= 11 is 0. The minimum Gasteiger partial charge on any atom is -0.493 e. The van der Waals surface area contributed by atoms with Crippen molar-refractivity contribution < 1.29 is 19.0 Å². The maximum absolute atomic E-state index is 13.0. The van der Waals surface area contributed by atoms with Crippen molar-refractivity contribution in [1.82, 2.24) is 20.0 Å². The molecule has 9 nitrogen and oxygen atoms in total. The van der Waals surface area contributed by atoms with Crippen molar-refractivity contribution in [2.24, 2.45) is 0 Å². The van der Waals surface area contributed by atoms with Crippen LogP contribution in [0.4, 0.5) is 0 Å². The van der Waals surface area contributed by atoms with Crippen LogP contribution in [0.1, 0.15) is 24.1 Å². The Hall–Kier alpha value is -3.85. The molecule has 1 N–H and O–H groups in total. The molecule has 2 aromatic carbocycles. The van der Waals surface area contributed by atoms with Gasteiger partial charge in [-0.1, -0.05) is 18.2 Å². The number of hydrogen-bond donors (Lipinski definition) is 1. The highest BCUT2D eigenvalue weighted by molar-refractivity contribution is 5.92. The van der Waals surface area contributed by atoms with Gasteiger partial charge in [0.15, 0.2) is 11.5 Å². The fourth-order valence-electron chi connectivity index (χ4n) is 4.43. The van der Waals surface area contributed by atoms with Crippen molar-refractivity contribution in [3.8, 4) is 17.2 Å². The van der Waals surface area contributed by atoms with Crippen LogP contribution in [-0.4, -0.2) is 61.6 Å². The van der Waals surface area contributed by atoms with Gasteiger partial charge in [-0.15, -0.1) is 0 Å². The Morgan fingerprint density at radius 1 is 1.00 bits per heavy atom. The zero-order valence-corrected chi connectivity index (χ0v) is 21.0. The molecule has 0 spiro atoms. The number of amides is 1. The minimum atomic E-state index is -0.288. The van der Waals surface area contributed by atoms with E-state index >= 15 is 0 Å². The fraction of sp³-hybridized carbons (Fsp3) is 0.370. The average Bonchev–Trinajstić information content (AvgIpc) is 3.44. The van der Waals surface area contributed by atoms with Crippen LogP contribution < -0.4 is 25.1 Å². The van der Waals surface area contributed by atoms with E-state index in [0.29, 0.717) is 34.9 Å². The molecule has 1 aromatic heterocycles. The van der Waals surface area contributed by atoms with E-state index in [2.05, 4.69) is 15.3 Å². The van der Waals surface area contributed by atoms with E-state index in [-0.39, 0.29) is 18.0 Å². The number of aromatic nitrogens is 2. The number of methoxy groups -OCH3 is 3. The number of rotatable bonds is 10. The first-order chi connectivity index (χ1) is 17.5. The number of carbonyl (C=O) groups is 1.